The molecule has 0 saturated carbocycles. The van der Waals surface area contributed by atoms with E-state index in [1.165, 1.54) is 0 Å². The predicted molar refractivity (Wildman–Crippen MR) is 76.7 cm³/mol. The first kappa shape index (κ1) is 14.8. The highest BCUT2D eigenvalue weighted by atomic mass is 35.5. The fourth-order valence-electron chi connectivity index (χ4n) is 2.38. The first-order chi connectivity index (χ1) is 10.1. The van der Waals surface area contributed by atoms with Gasteiger partial charge in [0.05, 0.1) is 24.5 Å². The van der Waals surface area contributed by atoms with Crippen LogP contribution < -0.4 is 0 Å². The second kappa shape index (κ2) is 5.94. The van der Waals surface area contributed by atoms with Gasteiger partial charge in [0.25, 0.3) is 0 Å². The highest BCUT2D eigenvalue weighted by molar-refractivity contribution is 6.35. The first-order valence-electron chi connectivity index (χ1n) is 6.44. The van der Waals surface area contributed by atoms with Gasteiger partial charge >= 0.3 is 0 Å². The maximum atomic E-state index is 11.1. The molecular weight excluding hydrogens is 315 g/mol. The molecule has 1 aromatic heterocycles. The minimum atomic E-state index is -1.10. The summed E-state index contributed by atoms with van der Waals surface area (Å²) in [6.07, 6.45) is 4.61. The number of imidazole rings is 1. The molecule has 2 atom stereocenters. The second-order valence-electron chi connectivity index (χ2n) is 4.83. The molecule has 0 amide bonds. The number of aromatic nitrogens is 2. The molecule has 2 heterocycles. The Morgan fingerprint density at radius 1 is 1.43 bits per heavy atom. The average molecular weight is 328 g/mol. The zero-order chi connectivity index (χ0) is 14.9. The van der Waals surface area contributed by atoms with E-state index in [1.807, 2.05) is 4.57 Å². The van der Waals surface area contributed by atoms with Crippen molar-refractivity contribution in [2.24, 2.45) is 0 Å². The number of ether oxygens (including phenoxy) is 2. The monoisotopic (exact) mass is 327 g/mol. The van der Waals surface area contributed by atoms with Crippen molar-refractivity contribution in [1.29, 1.82) is 0 Å². The quantitative estimate of drug-likeness (QED) is 0.867. The fourth-order valence-corrected chi connectivity index (χ4v) is 2.93. The third-order valence-corrected chi connectivity index (χ3v) is 3.88. The molecule has 0 bridgehead atoms. The van der Waals surface area contributed by atoms with Crippen LogP contribution in [0.1, 0.15) is 5.56 Å². The topological polar surface area (TPSA) is 56.2 Å². The maximum Gasteiger partial charge on any atom is 0.215 e. The summed E-state index contributed by atoms with van der Waals surface area (Å²) in [5.74, 6) is -1.10. The van der Waals surface area contributed by atoms with Crippen molar-refractivity contribution >= 4 is 23.2 Å². The van der Waals surface area contributed by atoms with Crippen molar-refractivity contribution in [1.82, 2.24) is 9.55 Å². The van der Waals surface area contributed by atoms with Crippen LogP contribution in [0.25, 0.3) is 0 Å². The normalized spacial score (nSPS) is 25.4. The summed E-state index contributed by atoms with van der Waals surface area (Å²) in [5, 5.41) is 12.1. The minimum Gasteiger partial charge on any atom is -0.342 e. The van der Waals surface area contributed by atoms with Gasteiger partial charge in [0, 0.05) is 23.0 Å². The molecule has 0 spiro atoms. The Morgan fingerprint density at radius 3 is 2.90 bits per heavy atom. The van der Waals surface area contributed by atoms with Crippen molar-refractivity contribution in [3.05, 3.63) is 52.5 Å². The Bertz CT molecular complexity index is 621. The second-order valence-corrected chi connectivity index (χ2v) is 5.67. The van der Waals surface area contributed by atoms with Crippen molar-refractivity contribution in [2.45, 2.75) is 18.4 Å². The van der Waals surface area contributed by atoms with Crippen molar-refractivity contribution < 1.29 is 14.6 Å². The minimum absolute atomic E-state index is 0.233. The molecule has 1 aromatic carbocycles. The van der Waals surface area contributed by atoms with E-state index in [2.05, 4.69) is 4.98 Å². The molecule has 1 aliphatic rings. The lowest BCUT2D eigenvalue weighted by Crippen LogP contribution is -2.34. The van der Waals surface area contributed by atoms with Gasteiger partial charge in [-0.2, -0.15) is 0 Å². The number of hydrogen-bond acceptors (Lipinski definition) is 3. The molecule has 2 aromatic rings. The summed E-state index contributed by atoms with van der Waals surface area (Å²) >= 11 is 12.2. The van der Waals surface area contributed by atoms with Gasteiger partial charge in [-0.1, -0.05) is 29.3 Å². The van der Waals surface area contributed by atoms with Gasteiger partial charge in [-0.15, -0.1) is 0 Å². The van der Waals surface area contributed by atoms with Crippen molar-refractivity contribution in [2.75, 3.05) is 13.2 Å². The molecule has 21 heavy (non-hydrogen) atoms. The number of benzene rings is 1. The zero-order valence-corrected chi connectivity index (χ0v) is 12.5. The number of nitrogens with zero attached hydrogens (tertiary/aromatic N) is 2. The average Bonchev–Trinajstić information content (AvgIpc) is 3.09. The van der Waals surface area contributed by atoms with Crippen LogP contribution in [0.2, 0.25) is 10.0 Å². The van der Waals surface area contributed by atoms with Crippen LogP contribution in [0.15, 0.2) is 36.9 Å². The SMILES string of the molecule is [O]CC1COC(Cn2ccnc2)(c2ccc(Cl)cc2Cl)O1. The third kappa shape index (κ3) is 2.93. The summed E-state index contributed by atoms with van der Waals surface area (Å²) in [4.78, 5) is 4.00. The van der Waals surface area contributed by atoms with Crippen LogP contribution in [0.5, 0.6) is 0 Å². The van der Waals surface area contributed by atoms with Gasteiger partial charge in [-0.25, -0.2) is 10.1 Å². The molecule has 1 saturated heterocycles. The van der Waals surface area contributed by atoms with E-state index in [1.54, 1.807) is 36.9 Å². The predicted octanol–water partition coefficient (Wildman–Crippen LogP) is 2.89. The van der Waals surface area contributed by atoms with Gasteiger partial charge in [0.2, 0.25) is 5.79 Å². The van der Waals surface area contributed by atoms with Crippen LogP contribution in [0, 0.1) is 0 Å². The van der Waals surface area contributed by atoms with E-state index in [-0.39, 0.29) is 13.2 Å². The molecule has 1 aliphatic heterocycles. The lowest BCUT2D eigenvalue weighted by molar-refractivity contribution is -0.191. The zero-order valence-electron chi connectivity index (χ0n) is 11.0. The van der Waals surface area contributed by atoms with Crippen LogP contribution >= 0.6 is 23.2 Å². The molecule has 111 valence electrons. The molecule has 1 fully saturated rings. The van der Waals surface area contributed by atoms with E-state index in [9.17, 15) is 5.11 Å². The molecule has 7 heteroatoms. The Labute approximate surface area is 132 Å². The van der Waals surface area contributed by atoms with Gasteiger partial charge < -0.3 is 14.0 Å². The van der Waals surface area contributed by atoms with E-state index in [0.717, 1.165) is 0 Å². The van der Waals surface area contributed by atoms with Gasteiger partial charge in [0.15, 0.2) is 0 Å². The molecule has 3 rings (SSSR count). The molecule has 2 unspecified atom stereocenters. The summed E-state index contributed by atoms with van der Waals surface area (Å²) in [6.45, 7) is 0.221. The smallest absolute Gasteiger partial charge is 0.215 e. The first-order valence-corrected chi connectivity index (χ1v) is 7.20. The van der Waals surface area contributed by atoms with E-state index in [0.29, 0.717) is 22.2 Å². The number of halogens is 2. The highest BCUT2D eigenvalue weighted by Crippen LogP contribution is 2.40. The molecule has 1 radical (unpaired) electrons. The van der Waals surface area contributed by atoms with E-state index < -0.39 is 11.9 Å². The summed E-state index contributed by atoms with van der Waals surface area (Å²) in [7, 11) is 0. The largest absolute Gasteiger partial charge is 0.342 e. The lowest BCUT2D eigenvalue weighted by atomic mass is 10.1. The van der Waals surface area contributed by atoms with Crippen LogP contribution in [-0.4, -0.2) is 28.9 Å². The lowest BCUT2D eigenvalue weighted by Gasteiger charge is -2.29. The number of hydrogen-bond donors (Lipinski definition) is 0. The summed E-state index contributed by atoms with van der Waals surface area (Å²) in [6, 6.07) is 5.11. The summed E-state index contributed by atoms with van der Waals surface area (Å²) < 4.78 is 13.5. The van der Waals surface area contributed by atoms with Gasteiger partial charge in [-0.3, -0.25) is 0 Å². The Morgan fingerprint density at radius 2 is 2.29 bits per heavy atom. The maximum absolute atomic E-state index is 11.1. The summed E-state index contributed by atoms with van der Waals surface area (Å²) in [5.41, 5.74) is 0.651. The molecule has 0 N–H and O–H groups in total. The standard InChI is InChI=1S/C14H13Cl2N2O3/c15-10-1-2-12(13(16)5-10)14(8-18-4-3-17-9-18)20-7-11(6-19)21-14/h1-5,9,11H,6-8H2. The van der Waals surface area contributed by atoms with Crippen molar-refractivity contribution in [3.63, 3.8) is 0 Å². The fraction of sp³-hybridized carbons (Fsp3) is 0.357. The van der Waals surface area contributed by atoms with Crippen LogP contribution in [0.4, 0.5) is 0 Å². The van der Waals surface area contributed by atoms with Crippen LogP contribution in [0.3, 0.4) is 0 Å². The van der Waals surface area contributed by atoms with E-state index in [4.69, 9.17) is 32.7 Å². The molecular formula is C14H13Cl2N2O3. The third-order valence-electron chi connectivity index (χ3n) is 3.34. The van der Waals surface area contributed by atoms with Crippen LogP contribution in [-0.2, 0) is 26.9 Å². The molecule has 0 aliphatic carbocycles. The van der Waals surface area contributed by atoms with Crippen molar-refractivity contribution in [3.8, 4) is 0 Å². The molecule has 5 nitrogen and oxygen atoms in total. The Kier molecular flexibility index (Phi) is 4.19. The van der Waals surface area contributed by atoms with Gasteiger partial charge in [-0.05, 0) is 12.1 Å². The Balaban J connectivity index is 1.99. The highest BCUT2D eigenvalue weighted by Gasteiger charge is 2.45. The van der Waals surface area contributed by atoms with Gasteiger partial charge in [0.1, 0.15) is 12.7 Å². The Hall–Kier alpha value is -1.11. The van der Waals surface area contributed by atoms with E-state index >= 15 is 0 Å². The number of rotatable bonds is 4.